The Morgan fingerprint density at radius 1 is 1.20 bits per heavy atom. The van der Waals surface area contributed by atoms with Crippen LogP contribution in [0.15, 0.2) is 42.5 Å². The van der Waals surface area contributed by atoms with Crippen molar-refractivity contribution in [2.75, 3.05) is 0 Å². The predicted molar refractivity (Wildman–Crippen MR) is 75.1 cm³/mol. The van der Waals surface area contributed by atoms with Crippen molar-refractivity contribution in [3.63, 3.8) is 0 Å². The van der Waals surface area contributed by atoms with E-state index in [1.54, 1.807) is 31.2 Å². The predicted octanol–water partition coefficient (Wildman–Crippen LogP) is 3.33. The van der Waals surface area contributed by atoms with E-state index in [-0.39, 0.29) is 29.1 Å². The molecular formula is C16H16FNO2. The second kappa shape index (κ2) is 5.74. The van der Waals surface area contributed by atoms with E-state index < -0.39 is 0 Å². The first-order valence-electron chi connectivity index (χ1n) is 6.33. The molecule has 0 radical (unpaired) electrons. The standard InChI is InChI=1S/C16H16FNO2/c1-10-3-8-14(15(19)9-10)16(20)18-11(2)12-4-6-13(17)7-5-12/h3-9,11,19H,1-2H3,(H,18,20). The maximum Gasteiger partial charge on any atom is 0.255 e. The first-order valence-corrected chi connectivity index (χ1v) is 6.33. The van der Waals surface area contributed by atoms with Crippen molar-refractivity contribution in [1.82, 2.24) is 5.32 Å². The Morgan fingerprint density at radius 3 is 2.45 bits per heavy atom. The summed E-state index contributed by atoms with van der Waals surface area (Å²) in [5.74, 6) is -0.725. The SMILES string of the molecule is Cc1ccc(C(=O)NC(C)c2ccc(F)cc2)c(O)c1. The van der Waals surface area contributed by atoms with Gasteiger partial charge in [-0.25, -0.2) is 4.39 Å². The third kappa shape index (κ3) is 3.15. The Kier molecular flexibility index (Phi) is 4.03. The number of rotatable bonds is 3. The molecule has 2 rings (SSSR count). The van der Waals surface area contributed by atoms with Crippen LogP contribution in [0, 0.1) is 12.7 Å². The number of carbonyl (C=O) groups excluding carboxylic acids is 1. The molecule has 20 heavy (non-hydrogen) atoms. The van der Waals surface area contributed by atoms with Crippen LogP contribution in [0.25, 0.3) is 0 Å². The van der Waals surface area contributed by atoms with E-state index >= 15 is 0 Å². The summed E-state index contributed by atoms with van der Waals surface area (Å²) in [5, 5.41) is 12.5. The van der Waals surface area contributed by atoms with Crippen LogP contribution in [0.5, 0.6) is 5.75 Å². The van der Waals surface area contributed by atoms with E-state index in [9.17, 15) is 14.3 Å². The lowest BCUT2D eigenvalue weighted by molar-refractivity contribution is 0.0937. The zero-order valence-electron chi connectivity index (χ0n) is 11.4. The third-order valence-corrected chi connectivity index (χ3v) is 3.12. The molecule has 1 unspecified atom stereocenters. The lowest BCUT2D eigenvalue weighted by Crippen LogP contribution is -2.26. The molecule has 0 saturated carbocycles. The molecule has 0 bridgehead atoms. The topological polar surface area (TPSA) is 49.3 Å². The number of carbonyl (C=O) groups is 1. The number of amides is 1. The van der Waals surface area contributed by atoms with Crippen LogP contribution in [0.3, 0.4) is 0 Å². The maximum absolute atomic E-state index is 12.8. The van der Waals surface area contributed by atoms with Gasteiger partial charge >= 0.3 is 0 Å². The van der Waals surface area contributed by atoms with Crippen molar-refractivity contribution in [1.29, 1.82) is 0 Å². The van der Waals surface area contributed by atoms with Crippen LogP contribution in [0.4, 0.5) is 4.39 Å². The van der Waals surface area contributed by atoms with Gasteiger partial charge in [0.25, 0.3) is 5.91 Å². The van der Waals surface area contributed by atoms with Gasteiger partial charge in [0.15, 0.2) is 0 Å². The average molecular weight is 273 g/mol. The van der Waals surface area contributed by atoms with Crippen molar-refractivity contribution in [2.24, 2.45) is 0 Å². The fourth-order valence-corrected chi connectivity index (χ4v) is 1.94. The molecule has 0 aliphatic carbocycles. The van der Waals surface area contributed by atoms with Crippen LogP contribution >= 0.6 is 0 Å². The minimum atomic E-state index is -0.362. The molecule has 0 saturated heterocycles. The fraction of sp³-hybridized carbons (Fsp3) is 0.188. The zero-order chi connectivity index (χ0) is 14.7. The van der Waals surface area contributed by atoms with E-state index in [2.05, 4.69) is 5.32 Å². The van der Waals surface area contributed by atoms with Gasteiger partial charge in [-0.1, -0.05) is 18.2 Å². The molecule has 1 atom stereocenters. The first-order chi connectivity index (χ1) is 9.47. The second-order valence-corrected chi connectivity index (χ2v) is 4.77. The minimum Gasteiger partial charge on any atom is -0.507 e. The third-order valence-electron chi connectivity index (χ3n) is 3.12. The molecule has 0 fully saturated rings. The van der Waals surface area contributed by atoms with E-state index in [0.29, 0.717) is 0 Å². The number of phenols is 1. The molecule has 2 aromatic carbocycles. The molecule has 0 aliphatic rings. The van der Waals surface area contributed by atoms with Crippen molar-refractivity contribution >= 4 is 5.91 Å². The van der Waals surface area contributed by atoms with Gasteiger partial charge in [0.05, 0.1) is 11.6 Å². The van der Waals surface area contributed by atoms with Gasteiger partial charge in [0.1, 0.15) is 11.6 Å². The van der Waals surface area contributed by atoms with Gasteiger partial charge in [-0.15, -0.1) is 0 Å². The number of nitrogens with one attached hydrogen (secondary N) is 1. The Hall–Kier alpha value is -2.36. The van der Waals surface area contributed by atoms with Crippen molar-refractivity contribution in [3.05, 3.63) is 65.0 Å². The summed E-state index contributed by atoms with van der Waals surface area (Å²) in [6.07, 6.45) is 0. The Balaban J connectivity index is 2.13. The highest BCUT2D eigenvalue weighted by Gasteiger charge is 2.14. The molecule has 0 aliphatic heterocycles. The van der Waals surface area contributed by atoms with E-state index in [4.69, 9.17) is 0 Å². The quantitative estimate of drug-likeness (QED) is 0.901. The Labute approximate surface area is 117 Å². The monoisotopic (exact) mass is 273 g/mol. The van der Waals surface area contributed by atoms with Crippen LogP contribution in [0.2, 0.25) is 0 Å². The maximum atomic E-state index is 12.8. The fourth-order valence-electron chi connectivity index (χ4n) is 1.94. The van der Waals surface area contributed by atoms with Crippen molar-refractivity contribution < 1.29 is 14.3 Å². The number of aryl methyl sites for hydroxylation is 1. The number of benzene rings is 2. The summed E-state index contributed by atoms with van der Waals surface area (Å²) in [4.78, 5) is 12.1. The summed E-state index contributed by atoms with van der Waals surface area (Å²) in [7, 11) is 0. The minimum absolute atomic E-state index is 0.0474. The van der Waals surface area contributed by atoms with Crippen molar-refractivity contribution in [3.8, 4) is 5.75 Å². The van der Waals surface area contributed by atoms with E-state index in [1.807, 2.05) is 6.92 Å². The molecule has 0 aromatic heterocycles. The highest BCUT2D eigenvalue weighted by molar-refractivity contribution is 5.97. The molecule has 104 valence electrons. The summed E-state index contributed by atoms with van der Waals surface area (Å²) in [6, 6.07) is 10.5. The van der Waals surface area contributed by atoms with Crippen LogP contribution < -0.4 is 5.32 Å². The lowest BCUT2D eigenvalue weighted by Gasteiger charge is -2.15. The summed E-state index contributed by atoms with van der Waals surface area (Å²) in [5.41, 5.74) is 1.90. The molecule has 4 heteroatoms. The highest BCUT2D eigenvalue weighted by atomic mass is 19.1. The summed E-state index contributed by atoms with van der Waals surface area (Å²) < 4.78 is 12.8. The highest BCUT2D eigenvalue weighted by Crippen LogP contribution is 2.20. The van der Waals surface area contributed by atoms with E-state index in [0.717, 1.165) is 11.1 Å². The summed E-state index contributed by atoms with van der Waals surface area (Å²) in [6.45, 7) is 3.64. The van der Waals surface area contributed by atoms with Gasteiger partial charge in [0, 0.05) is 0 Å². The van der Waals surface area contributed by atoms with Gasteiger partial charge < -0.3 is 10.4 Å². The van der Waals surface area contributed by atoms with Crippen LogP contribution in [-0.2, 0) is 0 Å². The van der Waals surface area contributed by atoms with Gasteiger partial charge in [-0.3, -0.25) is 4.79 Å². The Morgan fingerprint density at radius 2 is 1.85 bits per heavy atom. The number of aromatic hydroxyl groups is 1. The smallest absolute Gasteiger partial charge is 0.255 e. The Bertz CT molecular complexity index is 623. The molecule has 0 spiro atoms. The lowest BCUT2D eigenvalue weighted by atomic mass is 10.1. The number of hydrogen-bond acceptors (Lipinski definition) is 2. The second-order valence-electron chi connectivity index (χ2n) is 4.77. The normalized spacial score (nSPS) is 11.9. The van der Waals surface area contributed by atoms with E-state index in [1.165, 1.54) is 18.2 Å². The molecule has 1 amide bonds. The molecule has 2 N–H and O–H groups in total. The number of phenolic OH excluding ortho intramolecular Hbond substituents is 1. The molecule has 0 heterocycles. The zero-order valence-corrected chi connectivity index (χ0v) is 11.4. The van der Waals surface area contributed by atoms with Crippen LogP contribution in [-0.4, -0.2) is 11.0 Å². The van der Waals surface area contributed by atoms with Gasteiger partial charge in [-0.05, 0) is 49.2 Å². The first kappa shape index (κ1) is 14.1. The van der Waals surface area contributed by atoms with Gasteiger partial charge in [0.2, 0.25) is 0 Å². The molecular weight excluding hydrogens is 257 g/mol. The largest absolute Gasteiger partial charge is 0.507 e. The molecule has 2 aromatic rings. The molecule has 3 nitrogen and oxygen atoms in total. The van der Waals surface area contributed by atoms with Crippen molar-refractivity contribution in [2.45, 2.75) is 19.9 Å². The number of halogens is 1. The number of hydrogen-bond donors (Lipinski definition) is 2. The van der Waals surface area contributed by atoms with Gasteiger partial charge in [-0.2, -0.15) is 0 Å². The average Bonchev–Trinajstić information content (AvgIpc) is 2.39. The summed E-state index contributed by atoms with van der Waals surface area (Å²) >= 11 is 0. The van der Waals surface area contributed by atoms with Crippen LogP contribution in [0.1, 0.15) is 34.5 Å².